The molecule has 0 aliphatic heterocycles. The molecular formula is C13H17N3O. The Morgan fingerprint density at radius 1 is 1.35 bits per heavy atom. The molecule has 1 aliphatic rings. The Balaban J connectivity index is 1.92. The smallest absolute Gasteiger partial charge is 0.297 e. The zero-order chi connectivity index (χ0) is 11.8. The average Bonchev–Trinajstić information content (AvgIpc) is 2.87. The first kappa shape index (κ1) is 10.6. The summed E-state index contributed by atoms with van der Waals surface area (Å²) in [5.41, 5.74) is 8.07. The van der Waals surface area contributed by atoms with Gasteiger partial charge < -0.3 is 10.5 Å². The van der Waals surface area contributed by atoms with Gasteiger partial charge in [0.2, 0.25) is 0 Å². The summed E-state index contributed by atoms with van der Waals surface area (Å²) in [7, 11) is 1.98. The third-order valence-corrected chi connectivity index (χ3v) is 3.51. The van der Waals surface area contributed by atoms with Gasteiger partial charge in [0, 0.05) is 13.1 Å². The summed E-state index contributed by atoms with van der Waals surface area (Å²) in [5, 5.41) is 0. The first-order valence-corrected chi connectivity index (χ1v) is 6.09. The highest BCUT2D eigenvalue weighted by Crippen LogP contribution is 2.25. The van der Waals surface area contributed by atoms with Gasteiger partial charge in [-0.3, -0.25) is 4.57 Å². The lowest BCUT2D eigenvalue weighted by Gasteiger charge is -2.16. The predicted molar refractivity (Wildman–Crippen MR) is 67.0 cm³/mol. The molecule has 2 atom stereocenters. The summed E-state index contributed by atoms with van der Waals surface area (Å²) in [6.45, 7) is 0. The van der Waals surface area contributed by atoms with Crippen LogP contribution in [0.3, 0.4) is 0 Å². The van der Waals surface area contributed by atoms with Crippen molar-refractivity contribution in [2.45, 2.75) is 31.4 Å². The third-order valence-electron chi connectivity index (χ3n) is 3.51. The van der Waals surface area contributed by atoms with Crippen LogP contribution in [0.15, 0.2) is 24.3 Å². The van der Waals surface area contributed by atoms with Gasteiger partial charge in [-0.1, -0.05) is 12.1 Å². The maximum absolute atomic E-state index is 6.01. The lowest BCUT2D eigenvalue weighted by molar-refractivity contribution is 0.171. The zero-order valence-electron chi connectivity index (χ0n) is 9.97. The zero-order valence-corrected chi connectivity index (χ0v) is 9.97. The Hall–Kier alpha value is -1.55. The molecule has 0 bridgehead atoms. The molecule has 1 aromatic heterocycles. The Bertz CT molecular complexity index is 534. The van der Waals surface area contributed by atoms with Crippen LogP contribution in [0.4, 0.5) is 0 Å². The highest BCUT2D eigenvalue weighted by Gasteiger charge is 2.27. The number of para-hydroxylation sites is 2. The maximum atomic E-state index is 6.01. The van der Waals surface area contributed by atoms with Crippen molar-refractivity contribution in [3.63, 3.8) is 0 Å². The number of nitrogens with two attached hydrogens (primary N) is 1. The van der Waals surface area contributed by atoms with Crippen molar-refractivity contribution in [3.05, 3.63) is 24.3 Å². The second-order valence-corrected chi connectivity index (χ2v) is 4.69. The van der Waals surface area contributed by atoms with E-state index in [1.807, 2.05) is 35.9 Å². The van der Waals surface area contributed by atoms with E-state index >= 15 is 0 Å². The number of hydrogen-bond acceptors (Lipinski definition) is 3. The molecule has 0 unspecified atom stereocenters. The van der Waals surface area contributed by atoms with Gasteiger partial charge in [-0.2, -0.15) is 4.98 Å². The number of hydrogen-bond donors (Lipinski definition) is 1. The number of fused-ring (bicyclic) bond motifs is 1. The van der Waals surface area contributed by atoms with Crippen molar-refractivity contribution in [2.75, 3.05) is 0 Å². The first-order valence-electron chi connectivity index (χ1n) is 6.09. The van der Waals surface area contributed by atoms with Crippen LogP contribution in [0.1, 0.15) is 19.3 Å². The predicted octanol–water partition coefficient (Wildman–Crippen LogP) is 1.83. The molecular weight excluding hydrogens is 214 g/mol. The standard InChI is InChI=1S/C13H17N3O/c1-16-11-7-3-2-6-10(11)15-13(16)17-12-8-4-5-9(12)14/h2-3,6-7,9,12H,4-5,8,14H2,1H3/t9-,12-/m1/s1. The number of ether oxygens (including phenoxy) is 1. The number of rotatable bonds is 2. The summed E-state index contributed by atoms with van der Waals surface area (Å²) in [6.07, 6.45) is 3.35. The summed E-state index contributed by atoms with van der Waals surface area (Å²) >= 11 is 0. The van der Waals surface area contributed by atoms with E-state index in [4.69, 9.17) is 10.5 Å². The van der Waals surface area contributed by atoms with Gasteiger partial charge in [0.05, 0.1) is 11.0 Å². The number of aromatic nitrogens is 2. The Morgan fingerprint density at radius 3 is 2.88 bits per heavy atom. The Kier molecular flexibility index (Phi) is 2.52. The van der Waals surface area contributed by atoms with Gasteiger partial charge in [0.15, 0.2) is 0 Å². The van der Waals surface area contributed by atoms with E-state index < -0.39 is 0 Å². The van der Waals surface area contributed by atoms with Crippen LogP contribution in [0.5, 0.6) is 6.01 Å². The first-order chi connectivity index (χ1) is 8.25. The van der Waals surface area contributed by atoms with E-state index in [1.165, 1.54) is 0 Å². The fraction of sp³-hybridized carbons (Fsp3) is 0.462. The molecule has 17 heavy (non-hydrogen) atoms. The van der Waals surface area contributed by atoms with Crippen LogP contribution in [-0.2, 0) is 7.05 Å². The normalized spacial score (nSPS) is 24.4. The largest absolute Gasteiger partial charge is 0.460 e. The molecule has 1 saturated carbocycles. The molecule has 1 aliphatic carbocycles. The van der Waals surface area contributed by atoms with Crippen LogP contribution in [0.2, 0.25) is 0 Å². The van der Waals surface area contributed by atoms with Crippen LogP contribution >= 0.6 is 0 Å². The van der Waals surface area contributed by atoms with Crippen molar-refractivity contribution in [2.24, 2.45) is 12.8 Å². The third kappa shape index (κ3) is 1.78. The van der Waals surface area contributed by atoms with E-state index in [-0.39, 0.29) is 12.1 Å². The SMILES string of the molecule is Cn1c(O[C@@H]2CCC[C@H]2N)nc2ccccc21. The van der Waals surface area contributed by atoms with Crippen LogP contribution in [0, 0.1) is 0 Å². The minimum absolute atomic E-state index is 0.116. The van der Waals surface area contributed by atoms with E-state index in [0.29, 0.717) is 6.01 Å². The van der Waals surface area contributed by atoms with Crippen molar-refractivity contribution in [3.8, 4) is 6.01 Å². The van der Waals surface area contributed by atoms with Gasteiger partial charge in [0.25, 0.3) is 6.01 Å². The molecule has 1 fully saturated rings. The quantitative estimate of drug-likeness (QED) is 0.858. The lowest BCUT2D eigenvalue weighted by atomic mass is 10.2. The maximum Gasteiger partial charge on any atom is 0.297 e. The summed E-state index contributed by atoms with van der Waals surface area (Å²) in [4.78, 5) is 4.50. The molecule has 4 heteroatoms. The van der Waals surface area contributed by atoms with Gasteiger partial charge in [-0.05, 0) is 31.4 Å². The molecule has 1 heterocycles. The molecule has 3 rings (SSSR count). The summed E-state index contributed by atoms with van der Waals surface area (Å²) < 4.78 is 7.92. The minimum atomic E-state index is 0.116. The monoisotopic (exact) mass is 231 g/mol. The number of benzene rings is 1. The second-order valence-electron chi connectivity index (χ2n) is 4.69. The van der Waals surface area contributed by atoms with Crippen molar-refractivity contribution < 1.29 is 4.74 Å². The number of nitrogens with zero attached hydrogens (tertiary/aromatic N) is 2. The van der Waals surface area contributed by atoms with Gasteiger partial charge in [-0.15, -0.1) is 0 Å². The molecule has 90 valence electrons. The van der Waals surface area contributed by atoms with Crippen LogP contribution < -0.4 is 10.5 Å². The minimum Gasteiger partial charge on any atom is -0.460 e. The molecule has 0 amide bonds. The number of imidazole rings is 1. The van der Waals surface area contributed by atoms with Crippen molar-refractivity contribution in [1.82, 2.24) is 9.55 Å². The number of aryl methyl sites for hydroxylation is 1. The average molecular weight is 231 g/mol. The van der Waals surface area contributed by atoms with Gasteiger partial charge in [-0.25, -0.2) is 0 Å². The lowest BCUT2D eigenvalue weighted by Crippen LogP contribution is -2.34. The van der Waals surface area contributed by atoms with Gasteiger partial charge in [0.1, 0.15) is 6.10 Å². The Morgan fingerprint density at radius 2 is 2.18 bits per heavy atom. The molecule has 0 radical (unpaired) electrons. The highest BCUT2D eigenvalue weighted by molar-refractivity contribution is 5.76. The van der Waals surface area contributed by atoms with E-state index in [1.54, 1.807) is 0 Å². The van der Waals surface area contributed by atoms with E-state index in [0.717, 1.165) is 30.3 Å². The van der Waals surface area contributed by atoms with Crippen molar-refractivity contribution >= 4 is 11.0 Å². The van der Waals surface area contributed by atoms with Gasteiger partial charge >= 0.3 is 0 Å². The molecule has 2 aromatic rings. The topological polar surface area (TPSA) is 53.1 Å². The summed E-state index contributed by atoms with van der Waals surface area (Å²) in [5.74, 6) is 0. The van der Waals surface area contributed by atoms with Crippen LogP contribution in [0.25, 0.3) is 11.0 Å². The molecule has 4 nitrogen and oxygen atoms in total. The molecule has 0 saturated heterocycles. The molecule has 2 N–H and O–H groups in total. The van der Waals surface area contributed by atoms with E-state index in [9.17, 15) is 0 Å². The second kappa shape index (κ2) is 4.04. The summed E-state index contributed by atoms with van der Waals surface area (Å²) in [6, 6.07) is 8.86. The fourth-order valence-corrected chi connectivity index (χ4v) is 2.47. The van der Waals surface area contributed by atoms with E-state index in [2.05, 4.69) is 4.98 Å². The molecule has 0 spiro atoms. The van der Waals surface area contributed by atoms with Crippen molar-refractivity contribution in [1.29, 1.82) is 0 Å². The fourth-order valence-electron chi connectivity index (χ4n) is 2.47. The van der Waals surface area contributed by atoms with Crippen LogP contribution in [-0.4, -0.2) is 21.7 Å². The molecule has 1 aromatic carbocycles. The highest BCUT2D eigenvalue weighted by atomic mass is 16.5. The Labute approximate surface area is 100 Å².